The molecule has 4 atom stereocenters. The Morgan fingerprint density at radius 2 is 1.39 bits per heavy atom. The van der Waals surface area contributed by atoms with Crippen LogP contribution in [0.5, 0.6) is 0 Å². The first-order valence-electron chi connectivity index (χ1n) is 5.93. The fourth-order valence-electron chi connectivity index (χ4n) is 1.43. The molecule has 18 heavy (non-hydrogen) atoms. The Labute approximate surface area is 117 Å². The van der Waals surface area contributed by atoms with Gasteiger partial charge in [-0.05, 0) is 11.5 Å². The van der Waals surface area contributed by atoms with Crippen molar-refractivity contribution in [1.82, 2.24) is 0 Å². The van der Waals surface area contributed by atoms with Crippen molar-refractivity contribution in [1.29, 1.82) is 0 Å². The maximum atomic E-state index is 10.0. The van der Waals surface area contributed by atoms with E-state index in [2.05, 4.69) is 0 Å². The number of aliphatic hydroxyl groups excluding tert-OH is 4. The first-order chi connectivity index (χ1) is 8.49. The van der Waals surface area contributed by atoms with Crippen LogP contribution >= 0.6 is 23.5 Å². The Morgan fingerprint density at radius 1 is 0.889 bits per heavy atom. The van der Waals surface area contributed by atoms with E-state index in [9.17, 15) is 20.4 Å². The van der Waals surface area contributed by atoms with E-state index in [-0.39, 0.29) is 11.2 Å². The molecule has 0 fully saturated rings. The minimum absolute atomic E-state index is 0.0859. The van der Waals surface area contributed by atoms with Crippen molar-refractivity contribution in [3.63, 3.8) is 0 Å². The third-order valence-electron chi connectivity index (χ3n) is 2.37. The molecule has 0 aromatic rings. The highest BCUT2D eigenvalue weighted by molar-refractivity contribution is 8.17. The molecule has 0 heterocycles. The second kappa shape index (κ2) is 10.3. The first kappa shape index (κ1) is 18.5. The second-order valence-electron chi connectivity index (χ2n) is 3.77. The van der Waals surface area contributed by atoms with Gasteiger partial charge in [0, 0.05) is 7.11 Å². The molecule has 0 saturated heterocycles. The van der Waals surface area contributed by atoms with E-state index in [0.717, 1.165) is 11.5 Å². The molecule has 110 valence electrons. The number of methoxy groups -OCH3 is 1. The lowest BCUT2D eigenvalue weighted by Gasteiger charge is -2.30. The largest absolute Gasteiger partial charge is 0.388 e. The number of rotatable bonds is 10. The maximum Gasteiger partial charge on any atom is 0.111 e. The molecule has 0 aromatic carbocycles. The zero-order valence-corrected chi connectivity index (χ0v) is 12.7. The van der Waals surface area contributed by atoms with Gasteiger partial charge < -0.3 is 25.2 Å². The number of hydrogen-bond acceptors (Lipinski definition) is 7. The molecule has 0 rings (SSSR count). The number of aliphatic hydroxyl groups is 4. The molecule has 5 nitrogen and oxygen atoms in total. The van der Waals surface area contributed by atoms with Crippen LogP contribution in [0.2, 0.25) is 0 Å². The van der Waals surface area contributed by atoms with Crippen molar-refractivity contribution in [2.24, 2.45) is 0 Å². The summed E-state index contributed by atoms with van der Waals surface area (Å²) in [5.41, 5.74) is 0. The average molecular weight is 300 g/mol. The summed E-state index contributed by atoms with van der Waals surface area (Å²) >= 11 is 3.02. The minimum Gasteiger partial charge on any atom is -0.388 e. The van der Waals surface area contributed by atoms with Crippen LogP contribution in [0.1, 0.15) is 13.8 Å². The van der Waals surface area contributed by atoms with Crippen molar-refractivity contribution < 1.29 is 25.2 Å². The van der Waals surface area contributed by atoms with E-state index in [0.29, 0.717) is 0 Å². The van der Waals surface area contributed by atoms with E-state index in [1.807, 2.05) is 13.8 Å². The van der Waals surface area contributed by atoms with Gasteiger partial charge in [-0.15, -0.1) is 23.5 Å². The van der Waals surface area contributed by atoms with Gasteiger partial charge in [0.05, 0.1) is 11.2 Å². The highest BCUT2D eigenvalue weighted by Gasteiger charge is 2.34. The van der Waals surface area contributed by atoms with Gasteiger partial charge in [-0.2, -0.15) is 0 Å². The second-order valence-corrected chi connectivity index (χ2v) is 6.91. The Kier molecular flexibility index (Phi) is 10.6. The highest BCUT2D eigenvalue weighted by Crippen LogP contribution is 2.29. The first-order valence-corrected chi connectivity index (χ1v) is 8.03. The van der Waals surface area contributed by atoms with Crippen LogP contribution in [0.4, 0.5) is 0 Å². The Balaban J connectivity index is 4.47. The molecule has 0 amide bonds. The van der Waals surface area contributed by atoms with E-state index in [1.165, 1.54) is 30.6 Å². The molecule has 0 spiro atoms. The maximum absolute atomic E-state index is 10.0. The van der Waals surface area contributed by atoms with Gasteiger partial charge in [0.2, 0.25) is 0 Å². The van der Waals surface area contributed by atoms with Crippen LogP contribution in [0, 0.1) is 0 Å². The lowest BCUT2D eigenvalue weighted by Crippen LogP contribution is -2.48. The summed E-state index contributed by atoms with van der Waals surface area (Å²) in [6.07, 6.45) is -5.12. The molecule has 0 aliphatic carbocycles. The third-order valence-corrected chi connectivity index (χ3v) is 5.07. The molecule has 4 N–H and O–H groups in total. The zero-order valence-electron chi connectivity index (χ0n) is 11.0. The van der Waals surface area contributed by atoms with Gasteiger partial charge in [-0.25, -0.2) is 0 Å². The summed E-state index contributed by atoms with van der Waals surface area (Å²) in [6.45, 7) is 3.84. The van der Waals surface area contributed by atoms with E-state index < -0.39 is 24.4 Å². The van der Waals surface area contributed by atoms with E-state index in [4.69, 9.17) is 4.74 Å². The molecule has 0 saturated carbocycles. The van der Waals surface area contributed by atoms with Crippen LogP contribution in [-0.2, 0) is 4.74 Å². The van der Waals surface area contributed by atoms with Gasteiger partial charge >= 0.3 is 0 Å². The number of ether oxygens (including phenoxy) is 1. The standard InChI is InChI=1S/C11H24O5S2/c1-4-17-11(18-5-2)10(15)9(14)8(13)7(12)6-16-3/h7-15H,4-6H2,1-3H3/t7-,8+,9+,10-/m1/s1. The normalized spacial score (nSPS) is 18.7. The molecule has 0 aromatic heterocycles. The van der Waals surface area contributed by atoms with Gasteiger partial charge in [0.1, 0.15) is 24.4 Å². The lowest BCUT2D eigenvalue weighted by atomic mass is 10.0. The van der Waals surface area contributed by atoms with Crippen molar-refractivity contribution >= 4 is 23.5 Å². The predicted molar refractivity (Wildman–Crippen MR) is 76.0 cm³/mol. The van der Waals surface area contributed by atoms with Gasteiger partial charge in [0.15, 0.2) is 0 Å². The summed E-state index contributed by atoms with van der Waals surface area (Å²) in [5, 5.41) is 39.1. The predicted octanol–water partition coefficient (Wildman–Crippen LogP) is -0.0913. The fourth-order valence-corrected chi connectivity index (χ4v) is 4.01. The van der Waals surface area contributed by atoms with E-state index >= 15 is 0 Å². The smallest absolute Gasteiger partial charge is 0.111 e. The molecule has 0 radical (unpaired) electrons. The molecular weight excluding hydrogens is 276 g/mol. The monoisotopic (exact) mass is 300 g/mol. The summed E-state index contributed by atoms with van der Waals surface area (Å²) in [5.74, 6) is 1.61. The van der Waals surface area contributed by atoms with Crippen molar-refractivity contribution in [3.8, 4) is 0 Å². The summed E-state index contributed by atoms with van der Waals surface area (Å²) in [4.78, 5) is 0. The third kappa shape index (κ3) is 6.10. The zero-order chi connectivity index (χ0) is 14.1. The van der Waals surface area contributed by atoms with Crippen LogP contribution in [0.15, 0.2) is 0 Å². The quantitative estimate of drug-likeness (QED) is 0.419. The Bertz CT molecular complexity index is 202. The number of hydrogen-bond donors (Lipinski definition) is 4. The Hall–Kier alpha value is 0.500. The molecule has 0 aliphatic rings. The SMILES string of the molecule is CCSC(SCC)[C@H](O)[C@@H](O)[C@@H](O)[C@H](O)COC. The molecule has 7 heteroatoms. The van der Waals surface area contributed by atoms with Gasteiger partial charge in [-0.1, -0.05) is 13.8 Å². The van der Waals surface area contributed by atoms with Gasteiger partial charge in [0.25, 0.3) is 0 Å². The van der Waals surface area contributed by atoms with Crippen LogP contribution in [0.3, 0.4) is 0 Å². The fraction of sp³-hybridized carbons (Fsp3) is 1.00. The van der Waals surface area contributed by atoms with Crippen LogP contribution < -0.4 is 0 Å². The molecule has 0 bridgehead atoms. The minimum atomic E-state index is -1.42. The summed E-state index contributed by atoms with van der Waals surface area (Å²) in [6, 6.07) is 0. The van der Waals surface area contributed by atoms with Crippen LogP contribution in [-0.4, -0.2) is 74.6 Å². The number of thioether (sulfide) groups is 2. The molecule has 0 unspecified atom stereocenters. The average Bonchev–Trinajstić information content (AvgIpc) is 2.36. The summed E-state index contributed by atoms with van der Waals surface area (Å²) in [7, 11) is 1.39. The Morgan fingerprint density at radius 3 is 1.78 bits per heavy atom. The van der Waals surface area contributed by atoms with E-state index in [1.54, 1.807) is 0 Å². The molecule has 0 aliphatic heterocycles. The molecular formula is C11H24O5S2. The lowest BCUT2D eigenvalue weighted by molar-refractivity contribution is -0.114. The van der Waals surface area contributed by atoms with Crippen molar-refractivity contribution in [2.45, 2.75) is 42.8 Å². The van der Waals surface area contributed by atoms with Crippen LogP contribution in [0.25, 0.3) is 0 Å². The van der Waals surface area contributed by atoms with Gasteiger partial charge in [-0.3, -0.25) is 0 Å². The van der Waals surface area contributed by atoms with Crippen molar-refractivity contribution in [3.05, 3.63) is 0 Å². The summed E-state index contributed by atoms with van der Waals surface area (Å²) < 4.78 is 4.47. The highest BCUT2D eigenvalue weighted by atomic mass is 32.2. The van der Waals surface area contributed by atoms with Crippen molar-refractivity contribution in [2.75, 3.05) is 25.2 Å². The topological polar surface area (TPSA) is 90.2 Å².